The molecule has 112 valence electrons. The maximum Gasteiger partial charge on any atom is 0.119 e. The molecule has 2 rings (SSSR count). The Hall–Kier alpha value is -1.06. The molecule has 1 aliphatic rings. The first-order valence-corrected chi connectivity index (χ1v) is 7.74. The molecule has 1 fully saturated rings. The summed E-state index contributed by atoms with van der Waals surface area (Å²) in [6, 6.07) is 8.80. The number of hydrogen-bond donors (Lipinski definition) is 1. The highest BCUT2D eigenvalue weighted by Gasteiger charge is 2.25. The van der Waals surface area contributed by atoms with E-state index in [0.29, 0.717) is 24.5 Å². The van der Waals surface area contributed by atoms with E-state index in [0.717, 1.165) is 31.9 Å². The van der Waals surface area contributed by atoms with Gasteiger partial charge in [-0.25, -0.2) is 0 Å². The largest absolute Gasteiger partial charge is 0.492 e. The molecule has 1 N–H and O–H groups in total. The van der Waals surface area contributed by atoms with Crippen LogP contribution in [-0.2, 0) is 4.74 Å². The van der Waals surface area contributed by atoms with Gasteiger partial charge in [0.1, 0.15) is 12.4 Å². The van der Waals surface area contributed by atoms with Crippen LogP contribution in [0.5, 0.6) is 5.75 Å². The Morgan fingerprint density at radius 1 is 1.40 bits per heavy atom. The van der Waals surface area contributed by atoms with E-state index in [1.165, 1.54) is 5.56 Å². The van der Waals surface area contributed by atoms with Crippen molar-refractivity contribution in [3.8, 4) is 5.75 Å². The van der Waals surface area contributed by atoms with Crippen molar-refractivity contribution in [3.05, 3.63) is 29.8 Å². The summed E-state index contributed by atoms with van der Waals surface area (Å²) in [6.07, 6.45) is 1.13. The fourth-order valence-electron chi connectivity index (χ4n) is 2.64. The smallest absolute Gasteiger partial charge is 0.119 e. The number of rotatable bonds is 7. The second-order valence-electron chi connectivity index (χ2n) is 5.83. The third-order valence-electron chi connectivity index (χ3n) is 3.95. The first-order chi connectivity index (χ1) is 9.70. The molecule has 1 aliphatic heterocycles. The van der Waals surface area contributed by atoms with E-state index in [-0.39, 0.29) is 0 Å². The van der Waals surface area contributed by atoms with Crippen LogP contribution in [0, 0.1) is 5.92 Å². The third-order valence-corrected chi connectivity index (χ3v) is 3.95. The number of likely N-dealkylation sites (N-methyl/N-ethyl adjacent to an activating group) is 1. The van der Waals surface area contributed by atoms with Gasteiger partial charge in [0.15, 0.2) is 0 Å². The number of benzene rings is 1. The van der Waals surface area contributed by atoms with Gasteiger partial charge in [-0.05, 0) is 36.6 Å². The lowest BCUT2D eigenvalue weighted by Crippen LogP contribution is -2.41. The lowest BCUT2D eigenvalue weighted by molar-refractivity contribution is 0.161. The molecule has 0 aromatic heterocycles. The van der Waals surface area contributed by atoms with E-state index in [1.54, 1.807) is 0 Å². The quantitative estimate of drug-likeness (QED) is 0.830. The second-order valence-corrected chi connectivity index (χ2v) is 5.83. The minimum absolute atomic E-state index is 0.380. The number of ether oxygens (including phenoxy) is 2. The molecule has 0 radical (unpaired) electrons. The van der Waals surface area contributed by atoms with Gasteiger partial charge in [0.2, 0.25) is 0 Å². The fraction of sp³-hybridized carbons (Fsp3) is 0.647. The highest BCUT2D eigenvalue weighted by molar-refractivity contribution is 5.30. The normalized spacial score (nSPS) is 20.3. The predicted octanol–water partition coefficient (Wildman–Crippen LogP) is 3.20. The van der Waals surface area contributed by atoms with Crippen molar-refractivity contribution in [3.63, 3.8) is 0 Å². The van der Waals surface area contributed by atoms with E-state index in [4.69, 9.17) is 9.47 Å². The van der Waals surface area contributed by atoms with E-state index in [1.807, 2.05) is 6.07 Å². The summed E-state index contributed by atoms with van der Waals surface area (Å²) >= 11 is 0. The molecule has 3 nitrogen and oxygen atoms in total. The van der Waals surface area contributed by atoms with Crippen LogP contribution in [-0.4, -0.2) is 32.4 Å². The van der Waals surface area contributed by atoms with Crippen LogP contribution in [0.25, 0.3) is 0 Å². The highest BCUT2D eigenvalue weighted by atomic mass is 16.5. The first kappa shape index (κ1) is 15.3. The molecular weight excluding hydrogens is 250 g/mol. The van der Waals surface area contributed by atoms with Crippen LogP contribution in [0.15, 0.2) is 24.3 Å². The summed E-state index contributed by atoms with van der Waals surface area (Å²) < 4.78 is 11.5. The fourth-order valence-corrected chi connectivity index (χ4v) is 2.64. The molecule has 20 heavy (non-hydrogen) atoms. The summed E-state index contributed by atoms with van der Waals surface area (Å²) in [5.74, 6) is 2.08. The average molecular weight is 277 g/mol. The number of nitrogens with one attached hydrogen (secondary N) is 1. The summed E-state index contributed by atoms with van der Waals surface area (Å²) in [4.78, 5) is 0. The van der Waals surface area contributed by atoms with Crippen molar-refractivity contribution in [2.24, 2.45) is 5.92 Å². The minimum Gasteiger partial charge on any atom is -0.492 e. The van der Waals surface area contributed by atoms with Gasteiger partial charge in [0.25, 0.3) is 0 Å². The molecule has 0 saturated carbocycles. The van der Waals surface area contributed by atoms with E-state index in [9.17, 15) is 0 Å². The van der Waals surface area contributed by atoms with Crippen LogP contribution in [0.3, 0.4) is 0 Å². The summed E-state index contributed by atoms with van der Waals surface area (Å²) in [5, 5.41) is 3.53. The van der Waals surface area contributed by atoms with Crippen molar-refractivity contribution in [1.29, 1.82) is 0 Å². The molecule has 2 unspecified atom stereocenters. The van der Waals surface area contributed by atoms with Crippen LogP contribution >= 0.6 is 0 Å². The van der Waals surface area contributed by atoms with Crippen molar-refractivity contribution in [1.82, 2.24) is 5.32 Å². The van der Waals surface area contributed by atoms with Gasteiger partial charge in [-0.2, -0.15) is 0 Å². The molecule has 1 aromatic rings. The summed E-state index contributed by atoms with van der Waals surface area (Å²) in [7, 11) is 0. The van der Waals surface area contributed by atoms with Crippen molar-refractivity contribution < 1.29 is 9.47 Å². The Bertz CT molecular complexity index is 400. The van der Waals surface area contributed by atoms with E-state index < -0.39 is 0 Å². The maximum atomic E-state index is 6.01. The molecule has 0 bridgehead atoms. The highest BCUT2D eigenvalue weighted by Crippen LogP contribution is 2.22. The molecule has 1 saturated heterocycles. The molecule has 3 heteroatoms. The predicted molar refractivity (Wildman–Crippen MR) is 82.4 cm³/mol. The second kappa shape index (κ2) is 7.65. The molecular formula is C17H27NO2. The molecule has 0 aliphatic carbocycles. The monoisotopic (exact) mass is 277 g/mol. The van der Waals surface area contributed by atoms with Crippen LogP contribution < -0.4 is 10.1 Å². The summed E-state index contributed by atoms with van der Waals surface area (Å²) in [5.41, 5.74) is 1.33. The van der Waals surface area contributed by atoms with Crippen LogP contribution in [0.4, 0.5) is 0 Å². The van der Waals surface area contributed by atoms with E-state index >= 15 is 0 Å². The van der Waals surface area contributed by atoms with Gasteiger partial charge in [-0.3, -0.25) is 0 Å². The maximum absolute atomic E-state index is 6.01. The average Bonchev–Trinajstić information content (AvgIpc) is 2.97. The minimum atomic E-state index is 0.380. The lowest BCUT2D eigenvalue weighted by atomic mass is 9.99. The molecule has 2 atom stereocenters. The molecule has 1 heterocycles. The van der Waals surface area contributed by atoms with Crippen molar-refractivity contribution in [2.75, 3.05) is 26.4 Å². The molecule has 0 spiro atoms. The Morgan fingerprint density at radius 3 is 2.90 bits per heavy atom. The van der Waals surface area contributed by atoms with Crippen molar-refractivity contribution in [2.45, 2.75) is 39.2 Å². The van der Waals surface area contributed by atoms with E-state index in [2.05, 4.69) is 44.3 Å². The van der Waals surface area contributed by atoms with Crippen LogP contribution in [0.1, 0.15) is 38.7 Å². The zero-order valence-corrected chi connectivity index (χ0v) is 12.9. The van der Waals surface area contributed by atoms with Gasteiger partial charge in [0, 0.05) is 18.6 Å². The van der Waals surface area contributed by atoms with Gasteiger partial charge >= 0.3 is 0 Å². The standard InChI is InChI=1S/C17H27NO2/c1-4-18-17(15-8-9-19-11-15)12-20-16-7-5-6-14(10-16)13(2)3/h5-7,10,13,15,17-18H,4,8-9,11-12H2,1-3H3. The Morgan fingerprint density at radius 2 is 2.25 bits per heavy atom. The van der Waals surface area contributed by atoms with Crippen molar-refractivity contribution >= 4 is 0 Å². The molecule has 1 aromatic carbocycles. The van der Waals surface area contributed by atoms with Gasteiger partial charge in [-0.15, -0.1) is 0 Å². The summed E-state index contributed by atoms with van der Waals surface area (Å²) in [6.45, 7) is 9.97. The zero-order chi connectivity index (χ0) is 14.4. The SMILES string of the molecule is CCNC(COc1cccc(C(C)C)c1)C1CCOC1. The third kappa shape index (κ3) is 4.22. The van der Waals surface area contributed by atoms with Crippen LogP contribution in [0.2, 0.25) is 0 Å². The van der Waals surface area contributed by atoms with Gasteiger partial charge in [0.05, 0.1) is 6.61 Å². The molecule has 0 amide bonds. The number of hydrogen-bond acceptors (Lipinski definition) is 3. The first-order valence-electron chi connectivity index (χ1n) is 7.74. The Kier molecular flexibility index (Phi) is 5.86. The Balaban J connectivity index is 1.92. The van der Waals surface area contributed by atoms with Gasteiger partial charge < -0.3 is 14.8 Å². The Labute approximate surface area is 122 Å². The zero-order valence-electron chi connectivity index (χ0n) is 12.9. The van der Waals surface area contributed by atoms with Gasteiger partial charge in [-0.1, -0.05) is 32.9 Å². The topological polar surface area (TPSA) is 30.5 Å². The lowest BCUT2D eigenvalue weighted by Gasteiger charge is -2.23.